The summed E-state index contributed by atoms with van der Waals surface area (Å²) in [4.78, 5) is 13.5. The predicted octanol–water partition coefficient (Wildman–Crippen LogP) is 3.52. The van der Waals surface area contributed by atoms with Crippen molar-refractivity contribution in [2.24, 2.45) is 0 Å². The lowest BCUT2D eigenvalue weighted by Crippen LogP contribution is -2.34. The van der Waals surface area contributed by atoms with Gasteiger partial charge in [-0.05, 0) is 44.5 Å². The summed E-state index contributed by atoms with van der Waals surface area (Å²) in [7, 11) is 0. The van der Waals surface area contributed by atoms with Crippen LogP contribution in [0.3, 0.4) is 0 Å². The van der Waals surface area contributed by atoms with E-state index < -0.39 is 0 Å². The van der Waals surface area contributed by atoms with Gasteiger partial charge in [0.2, 0.25) is 0 Å². The zero-order valence-corrected chi connectivity index (χ0v) is 10.6. The van der Waals surface area contributed by atoms with Gasteiger partial charge in [-0.25, -0.2) is 4.79 Å². The number of amides is 2. The number of hydrogen-bond acceptors (Lipinski definition) is 1. The fraction of sp³-hybridized carbons (Fsp3) is 0.417. The van der Waals surface area contributed by atoms with Crippen molar-refractivity contribution in [1.82, 2.24) is 4.90 Å². The molecule has 88 valence electrons. The molecule has 0 aromatic heterocycles. The van der Waals surface area contributed by atoms with Crippen LogP contribution < -0.4 is 5.32 Å². The molecule has 1 aromatic carbocycles. The van der Waals surface area contributed by atoms with Crippen LogP contribution in [-0.2, 0) is 0 Å². The maximum atomic E-state index is 11.8. The van der Waals surface area contributed by atoms with Gasteiger partial charge in [0, 0.05) is 23.8 Å². The Labute approximate surface area is 101 Å². The number of aryl methyl sites for hydroxylation is 1. The summed E-state index contributed by atoms with van der Waals surface area (Å²) in [5.74, 6) is 0. The van der Waals surface area contributed by atoms with Gasteiger partial charge in [-0.2, -0.15) is 0 Å². The smallest absolute Gasteiger partial charge is 0.321 e. The molecule has 0 heterocycles. The van der Waals surface area contributed by atoms with E-state index in [1.807, 2.05) is 32.9 Å². The van der Waals surface area contributed by atoms with Crippen LogP contribution in [-0.4, -0.2) is 24.0 Å². The van der Waals surface area contributed by atoms with Gasteiger partial charge in [-0.3, -0.25) is 0 Å². The molecular formula is C12H17ClN2O. The van der Waals surface area contributed by atoms with Gasteiger partial charge >= 0.3 is 6.03 Å². The third-order valence-electron chi connectivity index (χ3n) is 2.48. The Morgan fingerprint density at radius 1 is 1.38 bits per heavy atom. The summed E-state index contributed by atoms with van der Waals surface area (Å²) in [5.41, 5.74) is 1.77. The highest BCUT2D eigenvalue weighted by atomic mass is 35.5. The molecule has 3 nitrogen and oxygen atoms in total. The minimum absolute atomic E-state index is 0.0737. The van der Waals surface area contributed by atoms with E-state index in [1.165, 1.54) is 0 Å². The minimum Gasteiger partial charge on any atom is -0.325 e. The van der Waals surface area contributed by atoms with Crippen LogP contribution in [0.4, 0.5) is 10.5 Å². The summed E-state index contributed by atoms with van der Waals surface area (Å²) in [6, 6.07) is 5.35. The molecule has 0 radical (unpaired) electrons. The van der Waals surface area contributed by atoms with E-state index in [0.29, 0.717) is 18.1 Å². The van der Waals surface area contributed by atoms with Crippen molar-refractivity contribution in [3.05, 3.63) is 28.8 Å². The first-order chi connectivity index (χ1) is 7.58. The largest absolute Gasteiger partial charge is 0.325 e. The highest BCUT2D eigenvalue weighted by Gasteiger charge is 2.10. The standard InChI is InChI=1S/C12H17ClN2O/c1-4-15(5-2)12(16)14-11-7-6-10(13)8-9(11)3/h6-8H,4-5H2,1-3H3,(H,14,16). The summed E-state index contributed by atoms with van der Waals surface area (Å²) >= 11 is 5.85. The summed E-state index contributed by atoms with van der Waals surface area (Å²) in [6.45, 7) is 7.24. The Kier molecular flexibility index (Phi) is 4.62. The highest BCUT2D eigenvalue weighted by Crippen LogP contribution is 2.19. The monoisotopic (exact) mass is 240 g/mol. The number of anilines is 1. The molecule has 0 fully saturated rings. The molecule has 0 aliphatic carbocycles. The van der Waals surface area contributed by atoms with E-state index in [0.717, 1.165) is 11.3 Å². The van der Waals surface area contributed by atoms with Crippen LogP contribution in [0.5, 0.6) is 0 Å². The molecule has 0 bridgehead atoms. The van der Waals surface area contributed by atoms with Crippen molar-refractivity contribution in [2.45, 2.75) is 20.8 Å². The predicted molar refractivity (Wildman–Crippen MR) is 68.1 cm³/mol. The maximum absolute atomic E-state index is 11.8. The van der Waals surface area contributed by atoms with Gasteiger partial charge in [0.1, 0.15) is 0 Å². The van der Waals surface area contributed by atoms with E-state index in [4.69, 9.17) is 11.6 Å². The fourth-order valence-electron chi connectivity index (χ4n) is 1.47. The molecule has 16 heavy (non-hydrogen) atoms. The van der Waals surface area contributed by atoms with Crippen LogP contribution in [0.2, 0.25) is 5.02 Å². The second-order valence-electron chi connectivity index (χ2n) is 3.56. The summed E-state index contributed by atoms with van der Waals surface area (Å²) in [5, 5.41) is 3.55. The second kappa shape index (κ2) is 5.75. The Hall–Kier alpha value is -1.22. The zero-order chi connectivity index (χ0) is 12.1. The topological polar surface area (TPSA) is 32.3 Å². The van der Waals surface area contributed by atoms with E-state index >= 15 is 0 Å². The zero-order valence-electron chi connectivity index (χ0n) is 9.88. The fourth-order valence-corrected chi connectivity index (χ4v) is 1.70. The molecule has 0 atom stereocenters. The maximum Gasteiger partial charge on any atom is 0.321 e. The average Bonchev–Trinajstić information content (AvgIpc) is 2.24. The summed E-state index contributed by atoms with van der Waals surface area (Å²) < 4.78 is 0. The number of benzene rings is 1. The molecule has 1 N–H and O–H groups in total. The number of hydrogen-bond donors (Lipinski definition) is 1. The van der Waals surface area contributed by atoms with Gasteiger partial charge in [0.25, 0.3) is 0 Å². The van der Waals surface area contributed by atoms with Gasteiger partial charge < -0.3 is 10.2 Å². The number of nitrogens with zero attached hydrogens (tertiary/aromatic N) is 1. The molecule has 0 spiro atoms. The number of carbonyl (C=O) groups is 1. The number of halogens is 1. The Morgan fingerprint density at radius 2 is 2.00 bits per heavy atom. The van der Waals surface area contributed by atoms with Gasteiger partial charge in [0.15, 0.2) is 0 Å². The Balaban J connectivity index is 2.76. The van der Waals surface area contributed by atoms with Crippen LogP contribution >= 0.6 is 11.6 Å². The van der Waals surface area contributed by atoms with E-state index in [2.05, 4.69) is 5.32 Å². The average molecular weight is 241 g/mol. The quantitative estimate of drug-likeness (QED) is 0.862. The van der Waals surface area contributed by atoms with Crippen molar-refractivity contribution >= 4 is 23.3 Å². The van der Waals surface area contributed by atoms with Crippen LogP contribution in [0, 0.1) is 6.92 Å². The normalized spacial score (nSPS) is 10.0. The van der Waals surface area contributed by atoms with Crippen LogP contribution in [0.1, 0.15) is 19.4 Å². The minimum atomic E-state index is -0.0737. The van der Waals surface area contributed by atoms with Crippen LogP contribution in [0.25, 0.3) is 0 Å². The van der Waals surface area contributed by atoms with Gasteiger partial charge in [0.05, 0.1) is 0 Å². The number of carbonyl (C=O) groups excluding carboxylic acids is 1. The lowest BCUT2D eigenvalue weighted by atomic mass is 10.2. The molecule has 1 rings (SSSR count). The molecule has 0 aliphatic rings. The first kappa shape index (κ1) is 12.8. The Morgan fingerprint density at radius 3 is 2.50 bits per heavy atom. The van der Waals surface area contributed by atoms with Crippen molar-refractivity contribution in [1.29, 1.82) is 0 Å². The molecule has 0 aliphatic heterocycles. The van der Waals surface area contributed by atoms with Crippen LogP contribution in [0.15, 0.2) is 18.2 Å². The molecular weight excluding hydrogens is 224 g/mol. The van der Waals surface area contributed by atoms with Crippen molar-refractivity contribution in [2.75, 3.05) is 18.4 Å². The van der Waals surface area contributed by atoms with E-state index in [1.54, 1.807) is 11.0 Å². The van der Waals surface area contributed by atoms with Gasteiger partial charge in [-0.15, -0.1) is 0 Å². The first-order valence-electron chi connectivity index (χ1n) is 5.40. The molecule has 2 amide bonds. The van der Waals surface area contributed by atoms with E-state index in [-0.39, 0.29) is 6.03 Å². The second-order valence-corrected chi connectivity index (χ2v) is 4.00. The van der Waals surface area contributed by atoms with Crippen molar-refractivity contribution in [3.8, 4) is 0 Å². The molecule has 0 unspecified atom stereocenters. The van der Waals surface area contributed by atoms with E-state index in [9.17, 15) is 4.79 Å². The lowest BCUT2D eigenvalue weighted by molar-refractivity contribution is 0.217. The molecule has 0 saturated heterocycles. The van der Waals surface area contributed by atoms with Crippen molar-refractivity contribution < 1.29 is 4.79 Å². The molecule has 0 saturated carbocycles. The third kappa shape index (κ3) is 3.14. The summed E-state index contributed by atoms with van der Waals surface area (Å²) in [6.07, 6.45) is 0. The van der Waals surface area contributed by atoms with Crippen molar-refractivity contribution in [3.63, 3.8) is 0 Å². The molecule has 1 aromatic rings. The first-order valence-corrected chi connectivity index (χ1v) is 5.78. The number of rotatable bonds is 3. The highest BCUT2D eigenvalue weighted by molar-refractivity contribution is 6.30. The number of nitrogens with one attached hydrogen (secondary N) is 1. The molecule has 4 heteroatoms. The third-order valence-corrected chi connectivity index (χ3v) is 2.72. The van der Waals surface area contributed by atoms with Gasteiger partial charge in [-0.1, -0.05) is 11.6 Å². The number of urea groups is 1. The Bertz CT molecular complexity index is 375. The lowest BCUT2D eigenvalue weighted by Gasteiger charge is -2.20. The SMILES string of the molecule is CCN(CC)C(=O)Nc1ccc(Cl)cc1C.